The molecule has 8 heteroatoms. The fourth-order valence-corrected chi connectivity index (χ4v) is 3.00. The maximum atomic E-state index is 13.8. The third-order valence-electron chi connectivity index (χ3n) is 3.19. The standard InChI is InChI=1S/C15H14F2N2O3S/c1-3-10(15(21)22)19-13(20)12-7(2)18-14(23-12)11-8(16)5-4-6-9(11)17/h4-6,10H,3H2,1-2H3,(H,19,20)(H,21,22). The third kappa shape index (κ3) is 3.53. The maximum absolute atomic E-state index is 13.8. The van der Waals surface area contributed by atoms with E-state index in [-0.39, 0.29) is 27.6 Å². The molecular weight excluding hydrogens is 326 g/mol. The first-order valence-corrected chi connectivity index (χ1v) is 7.62. The zero-order chi connectivity index (χ0) is 17.1. The molecule has 1 heterocycles. The highest BCUT2D eigenvalue weighted by Gasteiger charge is 2.24. The predicted molar refractivity (Wildman–Crippen MR) is 81.4 cm³/mol. The highest BCUT2D eigenvalue weighted by Crippen LogP contribution is 2.31. The first-order chi connectivity index (χ1) is 10.8. The Morgan fingerprint density at radius 2 is 1.96 bits per heavy atom. The summed E-state index contributed by atoms with van der Waals surface area (Å²) in [5.41, 5.74) is -0.0182. The molecule has 0 saturated heterocycles. The van der Waals surface area contributed by atoms with Crippen LogP contribution in [0.1, 0.15) is 28.7 Å². The second-order valence-electron chi connectivity index (χ2n) is 4.80. The van der Waals surface area contributed by atoms with Crippen LogP contribution in [0.25, 0.3) is 10.6 Å². The van der Waals surface area contributed by atoms with Crippen LogP contribution < -0.4 is 5.32 Å². The minimum atomic E-state index is -1.15. The third-order valence-corrected chi connectivity index (χ3v) is 4.36. The highest BCUT2D eigenvalue weighted by molar-refractivity contribution is 7.17. The number of halogens is 2. The first-order valence-electron chi connectivity index (χ1n) is 6.80. The number of hydrogen-bond acceptors (Lipinski definition) is 4. The van der Waals surface area contributed by atoms with Crippen molar-refractivity contribution in [3.05, 3.63) is 40.4 Å². The topological polar surface area (TPSA) is 79.3 Å². The van der Waals surface area contributed by atoms with Gasteiger partial charge in [0.15, 0.2) is 0 Å². The Balaban J connectivity index is 2.35. The minimum Gasteiger partial charge on any atom is -0.480 e. The van der Waals surface area contributed by atoms with Crippen molar-refractivity contribution in [1.82, 2.24) is 10.3 Å². The number of hydrogen-bond donors (Lipinski definition) is 2. The van der Waals surface area contributed by atoms with Crippen LogP contribution in [-0.2, 0) is 4.79 Å². The monoisotopic (exact) mass is 340 g/mol. The number of rotatable bonds is 5. The zero-order valence-electron chi connectivity index (χ0n) is 12.4. The molecule has 23 heavy (non-hydrogen) atoms. The number of thiazole rings is 1. The lowest BCUT2D eigenvalue weighted by Gasteiger charge is -2.11. The molecule has 2 rings (SSSR count). The summed E-state index contributed by atoms with van der Waals surface area (Å²) in [5.74, 6) is -3.33. The zero-order valence-corrected chi connectivity index (χ0v) is 13.2. The van der Waals surface area contributed by atoms with Crippen LogP contribution >= 0.6 is 11.3 Å². The summed E-state index contributed by atoms with van der Waals surface area (Å²) >= 11 is 0.817. The van der Waals surface area contributed by atoms with Crippen LogP contribution in [0.4, 0.5) is 8.78 Å². The number of aryl methyl sites for hydroxylation is 1. The average Bonchev–Trinajstić information content (AvgIpc) is 2.85. The summed E-state index contributed by atoms with van der Waals surface area (Å²) in [6, 6.07) is 2.41. The van der Waals surface area contributed by atoms with Gasteiger partial charge >= 0.3 is 5.97 Å². The van der Waals surface area contributed by atoms with Gasteiger partial charge in [-0.05, 0) is 25.5 Å². The van der Waals surface area contributed by atoms with Gasteiger partial charge in [0.05, 0.1) is 11.3 Å². The van der Waals surface area contributed by atoms with Gasteiger partial charge in [0.2, 0.25) is 0 Å². The number of amides is 1. The molecule has 1 aromatic carbocycles. The lowest BCUT2D eigenvalue weighted by atomic mass is 10.2. The maximum Gasteiger partial charge on any atom is 0.326 e. The van der Waals surface area contributed by atoms with Crippen LogP contribution in [-0.4, -0.2) is 28.0 Å². The molecule has 122 valence electrons. The molecule has 1 atom stereocenters. The van der Waals surface area contributed by atoms with Gasteiger partial charge in [0, 0.05) is 0 Å². The van der Waals surface area contributed by atoms with Crippen molar-refractivity contribution in [2.75, 3.05) is 0 Å². The molecule has 0 bridgehead atoms. The minimum absolute atomic E-state index is 0.0339. The number of carbonyl (C=O) groups excluding carboxylic acids is 1. The molecule has 1 unspecified atom stereocenters. The molecule has 0 aliphatic carbocycles. The molecule has 0 aliphatic rings. The second-order valence-corrected chi connectivity index (χ2v) is 5.80. The van der Waals surface area contributed by atoms with E-state index in [0.29, 0.717) is 0 Å². The van der Waals surface area contributed by atoms with Crippen molar-refractivity contribution >= 4 is 23.2 Å². The summed E-state index contributed by atoms with van der Waals surface area (Å²) in [6.45, 7) is 3.15. The Labute approximate surface area is 135 Å². The van der Waals surface area contributed by atoms with E-state index < -0.39 is 29.6 Å². The molecule has 0 fully saturated rings. The fourth-order valence-electron chi connectivity index (χ4n) is 1.98. The van der Waals surface area contributed by atoms with E-state index >= 15 is 0 Å². The van der Waals surface area contributed by atoms with Gasteiger partial charge in [-0.1, -0.05) is 13.0 Å². The van der Waals surface area contributed by atoms with Gasteiger partial charge in [0.1, 0.15) is 27.6 Å². The van der Waals surface area contributed by atoms with Gasteiger partial charge in [-0.25, -0.2) is 18.6 Å². The molecule has 0 spiro atoms. The van der Waals surface area contributed by atoms with Gasteiger partial charge in [-0.15, -0.1) is 11.3 Å². The number of carboxylic acid groups (broad SMARTS) is 1. The van der Waals surface area contributed by atoms with E-state index in [9.17, 15) is 18.4 Å². The number of aromatic nitrogens is 1. The van der Waals surface area contributed by atoms with Crippen molar-refractivity contribution < 1.29 is 23.5 Å². The van der Waals surface area contributed by atoms with Crippen molar-refractivity contribution in [2.45, 2.75) is 26.3 Å². The lowest BCUT2D eigenvalue weighted by Crippen LogP contribution is -2.40. The van der Waals surface area contributed by atoms with E-state index in [1.165, 1.54) is 13.0 Å². The van der Waals surface area contributed by atoms with Crippen LogP contribution in [0.15, 0.2) is 18.2 Å². The largest absolute Gasteiger partial charge is 0.480 e. The van der Waals surface area contributed by atoms with E-state index in [1.807, 2.05) is 0 Å². The number of carbonyl (C=O) groups is 2. The summed E-state index contributed by atoms with van der Waals surface area (Å²) in [5, 5.41) is 11.4. The first kappa shape index (κ1) is 17.0. The van der Waals surface area contributed by atoms with Crippen molar-refractivity contribution in [1.29, 1.82) is 0 Å². The number of benzene rings is 1. The Hall–Kier alpha value is -2.35. The van der Waals surface area contributed by atoms with Gasteiger partial charge in [-0.3, -0.25) is 4.79 Å². The number of carboxylic acids is 1. The van der Waals surface area contributed by atoms with Gasteiger partial charge in [0.25, 0.3) is 5.91 Å². The van der Waals surface area contributed by atoms with E-state index in [0.717, 1.165) is 23.5 Å². The second kappa shape index (κ2) is 6.82. The van der Waals surface area contributed by atoms with Crippen LogP contribution in [0.2, 0.25) is 0 Å². The normalized spacial score (nSPS) is 12.0. The SMILES string of the molecule is CCC(NC(=O)c1sc(-c2c(F)cccc2F)nc1C)C(=O)O. The average molecular weight is 340 g/mol. The fraction of sp³-hybridized carbons (Fsp3) is 0.267. The molecule has 5 nitrogen and oxygen atoms in total. The van der Waals surface area contributed by atoms with Crippen LogP contribution in [0, 0.1) is 18.6 Å². The van der Waals surface area contributed by atoms with E-state index in [4.69, 9.17) is 5.11 Å². The molecule has 0 saturated carbocycles. The molecule has 0 radical (unpaired) electrons. The molecule has 2 N–H and O–H groups in total. The molecular formula is C15H14F2N2O3S. The smallest absolute Gasteiger partial charge is 0.326 e. The highest BCUT2D eigenvalue weighted by atomic mass is 32.1. The summed E-state index contributed by atoms with van der Waals surface area (Å²) in [4.78, 5) is 27.3. The van der Waals surface area contributed by atoms with Crippen LogP contribution in [0.5, 0.6) is 0 Å². The van der Waals surface area contributed by atoms with Crippen molar-refractivity contribution in [3.8, 4) is 10.6 Å². The number of nitrogens with one attached hydrogen (secondary N) is 1. The summed E-state index contributed by atoms with van der Waals surface area (Å²) in [6.07, 6.45) is 0.216. The predicted octanol–water partition coefficient (Wildman–Crippen LogP) is 2.99. The molecule has 0 aliphatic heterocycles. The summed E-state index contributed by atoms with van der Waals surface area (Å²) < 4.78 is 27.6. The summed E-state index contributed by atoms with van der Waals surface area (Å²) in [7, 11) is 0. The van der Waals surface area contributed by atoms with Gasteiger partial charge in [-0.2, -0.15) is 0 Å². The molecule has 1 aromatic heterocycles. The Bertz CT molecular complexity index is 741. The Morgan fingerprint density at radius 1 is 1.35 bits per heavy atom. The van der Waals surface area contributed by atoms with Crippen molar-refractivity contribution in [2.24, 2.45) is 0 Å². The van der Waals surface area contributed by atoms with Gasteiger partial charge < -0.3 is 10.4 Å². The quantitative estimate of drug-likeness (QED) is 0.877. The van der Waals surface area contributed by atoms with E-state index in [2.05, 4.69) is 10.3 Å². The van der Waals surface area contributed by atoms with E-state index in [1.54, 1.807) is 6.92 Å². The number of aliphatic carboxylic acids is 1. The van der Waals surface area contributed by atoms with Crippen LogP contribution in [0.3, 0.4) is 0 Å². The Morgan fingerprint density at radius 3 is 2.48 bits per heavy atom. The van der Waals surface area contributed by atoms with Crippen molar-refractivity contribution in [3.63, 3.8) is 0 Å². The number of nitrogens with zero attached hydrogens (tertiary/aromatic N) is 1. The molecule has 1 amide bonds. The lowest BCUT2D eigenvalue weighted by molar-refractivity contribution is -0.139. The molecule has 2 aromatic rings. The Kier molecular flexibility index (Phi) is 5.05.